The molecule has 1 aliphatic heterocycles. The molecule has 1 heterocycles. The van der Waals surface area contributed by atoms with Gasteiger partial charge >= 0.3 is 0 Å². The molecule has 9 heteroatoms. The summed E-state index contributed by atoms with van der Waals surface area (Å²) in [6.07, 6.45) is 6.58. The van der Waals surface area contributed by atoms with Crippen molar-refractivity contribution in [2.45, 2.75) is 49.5 Å². The molecule has 0 spiro atoms. The lowest BCUT2D eigenvalue weighted by Gasteiger charge is -2.28. The topological polar surface area (TPSA) is 93.2 Å². The highest BCUT2D eigenvalue weighted by molar-refractivity contribution is 7.89. The Labute approximate surface area is 206 Å². The minimum atomic E-state index is -4.05. The average Bonchev–Trinajstić information content (AvgIpc) is 3.18. The second-order valence-electron chi connectivity index (χ2n) is 8.63. The Balaban J connectivity index is 1.65. The van der Waals surface area contributed by atoms with Gasteiger partial charge in [-0.05, 0) is 80.6 Å². The van der Waals surface area contributed by atoms with Crippen molar-refractivity contribution in [2.75, 3.05) is 25.7 Å². The average molecular weight is 499 g/mol. The molecule has 2 aliphatic rings. The quantitative estimate of drug-likeness (QED) is 0.384. The van der Waals surface area contributed by atoms with Crippen LogP contribution >= 0.6 is 0 Å². The first-order chi connectivity index (χ1) is 16.8. The van der Waals surface area contributed by atoms with Gasteiger partial charge in [-0.15, -0.1) is 0 Å². The Morgan fingerprint density at radius 3 is 2.14 bits per heavy atom. The van der Waals surface area contributed by atoms with Crippen LogP contribution in [0.4, 0.5) is 5.69 Å². The summed E-state index contributed by atoms with van der Waals surface area (Å²) in [4.78, 5) is 27.5. The van der Waals surface area contributed by atoms with Gasteiger partial charge < -0.3 is 9.47 Å². The first kappa shape index (κ1) is 24.9. The van der Waals surface area contributed by atoms with Gasteiger partial charge in [0.15, 0.2) is 0 Å². The van der Waals surface area contributed by atoms with Gasteiger partial charge in [-0.3, -0.25) is 9.59 Å². The lowest BCUT2D eigenvalue weighted by atomic mass is 9.97. The lowest BCUT2D eigenvalue weighted by Crippen LogP contribution is -2.46. The van der Waals surface area contributed by atoms with E-state index >= 15 is 0 Å². The van der Waals surface area contributed by atoms with Crippen molar-refractivity contribution >= 4 is 27.5 Å². The first-order valence-corrected chi connectivity index (χ1v) is 13.1. The zero-order chi connectivity index (χ0) is 25.0. The van der Waals surface area contributed by atoms with Gasteiger partial charge in [-0.2, -0.15) is 4.31 Å². The normalized spacial score (nSPS) is 18.7. The van der Waals surface area contributed by atoms with Crippen molar-refractivity contribution in [2.24, 2.45) is 0 Å². The molecule has 2 amide bonds. The van der Waals surface area contributed by atoms with Crippen molar-refractivity contribution in [3.05, 3.63) is 60.2 Å². The highest BCUT2D eigenvalue weighted by Crippen LogP contribution is 2.32. The number of ether oxygens (including phenoxy) is 2. The standard InChI is InChI=1S/C26H30N2O6S/c1-33-21-10-8-20(9-11-21)28-25(29)18-24(26(28)30)27(17-16-19-6-4-3-5-7-19)35(31,32)23-14-12-22(34-2)13-15-23/h6,8-15,24H,3-5,7,16-18H2,1-2H3. The summed E-state index contributed by atoms with van der Waals surface area (Å²) in [5.41, 5.74) is 1.58. The highest BCUT2D eigenvalue weighted by atomic mass is 32.2. The molecule has 4 rings (SSSR count). The molecule has 1 fully saturated rings. The molecule has 0 aromatic heterocycles. The Bertz CT molecular complexity index is 1210. The molecule has 1 saturated heterocycles. The van der Waals surface area contributed by atoms with Crippen LogP contribution in [0.2, 0.25) is 0 Å². The van der Waals surface area contributed by atoms with Crippen LogP contribution in [0.15, 0.2) is 65.1 Å². The number of hydrogen-bond donors (Lipinski definition) is 0. The summed E-state index contributed by atoms with van der Waals surface area (Å²) in [5, 5.41) is 0. The Kier molecular flexibility index (Phi) is 7.57. The van der Waals surface area contributed by atoms with Crippen LogP contribution in [-0.4, -0.2) is 51.3 Å². The van der Waals surface area contributed by atoms with Crippen LogP contribution < -0.4 is 14.4 Å². The Morgan fingerprint density at radius 2 is 1.57 bits per heavy atom. The molecule has 8 nitrogen and oxygen atoms in total. The number of rotatable bonds is 9. The van der Waals surface area contributed by atoms with Crippen molar-refractivity contribution in [1.82, 2.24) is 4.31 Å². The maximum absolute atomic E-state index is 13.7. The summed E-state index contributed by atoms with van der Waals surface area (Å²) < 4.78 is 39.0. The number of imide groups is 1. The van der Waals surface area contributed by atoms with Crippen LogP contribution in [0.5, 0.6) is 11.5 Å². The molecule has 0 bridgehead atoms. The summed E-state index contributed by atoms with van der Waals surface area (Å²) >= 11 is 0. The van der Waals surface area contributed by atoms with E-state index in [1.807, 2.05) is 0 Å². The van der Waals surface area contributed by atoms with Gasteiger partial charge in [-0.25, -0.2) is 13.3 Å². The summed E-state index contributed by atoms with van der Waals surface area (Å²) in [7, 11) is -1.02. The van der Waals surface area contributed by atoms with E-state index in [9.17, 15) is 18.0 Å². The fraction of sp³-hybridized carbons (Fsp3) is 0.385. The van der Waals surface area contributed by atoms with Crippen molar-refractivity contribution in [1.29, 1.82) is 0 Å². The smallest absolute Gasteiger partial charge is 0.252 e. The summed E-state index contributed by atoms with van der Waals surface area (Å²) in [5.74, 6) is 0.140. The number of benzene rings is 2. The van der Waals surface area contributed by atoms with Crippen LogP contribution in [-0.2, 0) is 19.6 Å². The number of methoxy groups -OCH3 is 2. The number of allylic oxidation sites excluding steroid dienone is 1. The highest BCUT2D eigenvalue weighted by Gasteiger charge is 2.46. The van der Waals surface area contributed by atoms with E-state index in [-0.39, 0.29) is 17.9 Å². The SMILES string of the molecule is COc1ccc(N2C(=O)CC(N(CCC3=CCCCC3)S(=O)(=O)c3ccc(OC)cc3)C2=O)cc1. The van der Waals surface area contributed by atoms with Gasteiger partial charge in [0.1, 0.15) is 17.5 Å². The number of sulfonamides is 1. The maximum atomic E-state index is 13.7. The summed E-state index contributed by atoms with van der Waals surface area (Å²) in [6.45, 7) is 0.125. The minimum absolute atomic E-state index is 0.0547. The predicted molar refractivity (Wildman–Crippen MR) is 132 cm³/mol. The van der Waals surface area contributed by atoms with Crippen LogP contribution in [0.25, 0.3) is 0 Å². The zero-order valence-electron chi connectivity index (χ0n) is 20.0. The van der Waals surface area contributed by atoms with Crippen molar-refractivity contribution < 1.29 is 27.5 Å². The third kappa shape index (κ3) is 5.26. The summed E-state index contributed by atoms with van der Waals surface area (Å²) in [6, 6.07) is 11.5. The monoisotopic (exact) mass is 498 g/mol. The van der Waals surface area contributed by atoms with Crippen LogP contribution in [0.1, 0.15) is 38.5 Å². The van der Waals surface area contributed by atoms with E-state index in [0.29, 0.717) is 23.6 Å². The molecule has 2 aromatic rings. The molecule has 0 radical (unpaired) electrons. The third-order valence-corrected chi connectivity index (χ3v) is 8.43. The van der Waals surface area contributed by atoms with Gasteiger partial charge in [0.25, 0.3) is 5.91 Å². The molecule has 35 heavy (non-hydrogen) atoms. The fourth-order valence-corrected chi connectivity index (χ4v) is 6.14. The number of anilines is 1. The molecule has 1 atom stereocenters. The first-order valence-electron chi connectivity index (χ1n) is 11.7. The Morgan fingerprint density at radius 1 is 0.943 bits per heavy atom. The number of carbonyl (C=O) groups excluding carboxylic acids is 2. The van der Waals surface area contributed by atoms with Crippen LogP contribution in [0.3, 0.4) is 0 Å². The predicted octanol–water partition coefficient (Wildman–Crippen LogP) is 3.92. The Hall–Kier alpha value is -3.17. The van der Waals surface area contributed by atoms with Crippen molar-refractivity contribution in [3.8, 4) is 11.5 Å². The maximum Gasteiger partial charge on any atom is 0.252 e. The number of carbonyl (C=O) groups is 2. The van der Waals surface area contributed by atoms with Gasteiger partial charge in [0.2, 0.25) is 15.9 Å². The molecule has 1 aliphatic carbocycles. The molecule has 1 unspecified atom stereocenters. The molecule has 186 valence electrons. The van der Waals surface area contributed by atoms with E-state index in [1.165, 1.54) is 36.2 Å². The largest absolute Gasteiger partial charge is 0.497 e. The number of nitrogens with zero attached hydrogens (tertiary/aromatic N) is 2. The third-order valence-electron chi connectivity index (χ3n) is 6.51. The molecule has 0 saturated carbocycles. The molecule has 2 aromatic carbocycles. The molecular weight excluding hydrogens is 468 g/mol. The van der Waals surface area contributed by atoms with E-state index in [4.69, 9.17) is 9.47 Å². The van der Waals surface area contributed by atoms with Gasteiger partial charge in [-0.1, -0.05) is 11.6 Å². The van der Waals surface area contributed by atoms with E-state index in [2.05, 4.69) is 6.08 Å². The zero-order valence-corrected chi connectivity index (χ0v) is 20.8. The van der Waals surface area contributed by atoms with Gasteiger partial charge in [0.05, 0.1) is 31.2 Å². The van der Waals surface area contributed by atoms with E-state index in [1.54, 1.807) is 36.4 Å². The molecule has 0 N–H and O–H groups in total. The van der Waals surface area contributed by atoms with Crippen LogP contribution in [0, 0.1) is 0 Å². The number of amides is 2. The fourth-order valence-electron chi connectivity index (χ4n) is 4.56. The minimum Gasteiger partial charge on any atom is -0.497 e. The van der Waals surface area contributed by atoms with E-state index < -0.39 is 27.9 Å². The second kappa shape index (κ2) is 10.6. The lowest BCUT2D eigenvalue weighted by molar-refractivity contribution is -0.122. The van der Waals surface area contributed by atoms with E-state index in [0.717, 1.165) is 30.6 Å². The molecular formula is C26H30N2O6S. The van der Waals surface area contributed by atoms with Crippen molar-refractivity contribution in [3.63, 3.8) is 0 Å². The second-order valence-corrected chi connectivity index (χ2v) is 10.5. The number of hydrogen-bond acceptors (Lipinski definition) is 6. The van der Waals surface area contributed by atoms with Gasteiger partial charge in [0, 0.05) is 6.54 Å².